The number of nitrogens with two attached hydrogens (primary N) is 1. The van der Waals surface area contributed by atoms with E-state index in [1.54, 1.807) is 12.1 Å². The molecule has 0 saturated heterocycles. The van der Waals surface area contributed by atoms with Crippen molar-refractivity contribution in [2.45, 2.75) is 19.4 Å². The number of halogens is 2. The molecule has 0 aliphatic rings. The molecule has 0 fully saturated rings. The van der Waals surface area contributed by atoms with Crippen LogP contribution in [0.5, 0.6) is 5.75 Å². The van der Waals surface area contributed by atoms with Gasteiger partial charge >= 0.3 is 0 Å². The summed E-state index contributed by atoms with van der Waals surface area (Å²) in [6, 6.07) is 11.8. The second-order valence-corrected chi connectivity index (χ2v) is 5.07. The van der Waals surface area contributed by atoms with E-state index in [0.29, 0.717) is 12.2 Å². The third-order valence-corrected chi connectivity index (χ3v) is 3.44. The summed E-state index contributed by atoms with van der Waals surface area (Å²) in [5.74, 6) is 5.90. The normalized spacial score (nSPS) is 12.2. The summed E-state index contributed by atoms with van der Waals surface area (Å²) in [6.07, 6.45) is 0.947. The minimum Gasteiger partial charge on any atom is -0.494 e. The molecule has 0 spiro atoms. The summed E-state index contributed by atoms with van der Waals surface area (Å²) >= 11 is 5.82. The van der Waals surface area contributed by atoms with Gasteiger partial charge in [-0.2, -0.15) is 0 Å². The van der Waals surface area contributed by atoms with E-state index in [9.17, 15) is 4.39 Å². The van der Waals surface area contributed by atoms with E-state index in [1.807, 2.05) is 31.2 Å². The van der Waals surface area contributed by atoms with Gasteiger partial charge in [0, 0.05) is 5.56 Å². The van der Waals surface area contributed by atoms with Gasteiger partial charge in [-0.3, -0.25) is 5.84 Å². The molecule has 0 aromatic heterocycles. The standard InChI is InChI=1S/C16H18ClFN2O/c1-2-10-21-12-8-6-11(7-9-12)16(20-19)13-4-3-5-14(17)15(13)18/h3-9,16,20H,2,10,19H2,1H3. The molecule has 3 N–H and O–H groups in total. The van der Waals surface area contributed by atoms with Crippen LogP contribution in [0.4, 0.5) is 4.39 Å². The van der Waals surface area contributed by atoms with Gasteiger partial charge in [-0.05, 0) is 30.2 Å². The second kappa shape index (κ2) is 7.41. The monoisotopic (exact) mass is 308 g/mol. The molecule has 21 heavy (non-hydrogen) atoms. The fourth-order valence-electron chi connectivity index (χ4n) is 2.09. The molecule has 0 bridgehead atoms. The van der Waals surface area contributed by atoms with Gasteiger partial charge in [0.15, 0.2) is 0 Å². The Hall–Kier alpha value is -1.62. The summed E-state index contributed by atoms with van der Waals surface area (Å²) in [5, 5.41) is 0.0793. The van der Waals surface area contributed by atoms with Gasteiger partial charge in [-0.15, -0.1) is 0 Å². The lowest BCUT2D eigenvalue weighted by Crippen LogP contribution is -2.29. The summed E-state index contributed by atoms with van der Waals surface area (Å²) in [4.78, 5) is 0. The second-order valence-electron chi connectivity index (χ2n) is 4.66. The maximum absolute atomic E-state index is 14.1. The van der Waals surface area contributed by atoms with Crippen LogP contribution in [0.1, 0.15) is 30.5 Å². The number of ether oxygens (including phenoxy) is 1. The van der Waals surface area contributed by atoms with Gasteiger partial charge in [-0.1, -0.05) is 42.8 Å². The van der Waals surface area contributed by atoms with Crippen LogP contribution in [-0.4, -0.2) is 6.61 Å². The maximum Gasteiger partial charge on any atom is 0.146 e. The number of nitrogens with one attached hydrogen (secondary N) is 1. The summed E-state index contributed by atoms with van der Waals surface area (Å²) in [6.45, 7) is 2.71. The average Bonchev–Trinajstić information content (AvgIpc) is 2.51. The van der Waals surface area contributed by atoms with Crippen molar-refractivity contribution in [2.24, 2.45) is 5.84 Å². The molecule has 0 amide bonds. The summed E-state index contributed by atoms with van der Waals surface area (Å²) in [7, 11) is 0. The van der Waals surface area contributed by atoms with Crippen LogP contribution < -0.4 is 16.0 Å². The highest BCUT2D eigenvalue weighted by molar-refractivity contribution is 6.30. The topological polar surface area (TPSA) is 47.3 Å². The molecule has 2 rings (SSSR count). The molecule has 2 aromatic rings. The summed E-state index contributed by atoms with van der Waals surface area (Å²) < 4.78 is 19.6. The van der Waals surface area contributed by atoms with Crippen molar-refractivity contribution >= 4 is 11.6 Å². The first-order valence-electron chi connectivity index (χ1n) is 6.80. The Morgan fingerprint density at radius 3 is 2.57 bits per heavy atom. The molecule has 112 valence electrons. The van der Waals surface area contributed by atoms with Crippen LogP contribution in [-0.2, 0) is 0 Å². The highest BCUT2D eigenvalue weighted by Crippen LogP contribution is 2.28. The number of hydrazine groups is 1. The van der Waals surface area contributed by atoms with E-state index in [4.69, 9.17) is 22.2 Å². The lowest BCUT2D eigenvalue weighted by Gasteiger charge is -2.18. The van der Waals surface area contributed by atoms with Crippen molar-refractivity contribution in [1.82, 2.24) is 5.43 Å². The first kappa shape index (κ1) is 15.8. The fraction of sp³-hybridized carbons (Fsp3) is 0.250. The number of benzene rings is 2. The van der Waals surface area contributed by atoms with Gasteiger partial charge in [0.25, 0.3) is 0 Å². The molecular weight excluding hydrogens is 291 g/mol. The fourth-order valence-corrected chi connectivity index (χ4v) is 2.27. The molecule has 0 saturated carbocycles. The Morgan fingerprint density at radius 1 is 1.24 bits per heavy atom. The minimum absolute atomic E-state index is 0.0793. The van der Waals surface area contributed by atoms with Crippen LogP contribution in [0, 0.1) is 5.82 Å². The molecule has 0 heterocycles. The van der Waals surface area contributed by atoms with E-state index in [1.165, 1.54) is 6.07 Å². The maximum atomic E-state index is 14.1. The molecule has 0 aliphatic carbocycles. The van der Waals surface area contributed by atoms with Gasteiger partial charge in [0.1, 0.15) is 11.6 Å². The number of rotatable bonds is 6. The smallest absolute Gasteiger partial charge is 0.146 e. The molecule has 0 aliphatic heterocycles. The number of hydrogen-bond acceptors (Lipinski definition) is 3. The third kappa shape index (κ3) is 3.73. The van der Waals surface area contributed by atoms with E-state index in [0.717, 1.165) is 17.7 Å². The average molecular weight is 309 g/mol. The van der Waals surface area contributed by atoms with Crippen molar-refractivity contribution in [2.75, 3.05) is 6.61 Å². The molecule has 0 radical (unpaired) electrons. The largest absolute Gasteiger partial charge is 0.494 e. The van der Waals surface area contributed by atoms with Crippen LogP contribution >= 0.6 is 11.6 Å². The first-order chi connectivity index (χ1) is 10.2. The van der Waals surface area contributed by atoms with Gasteiger partial charge in [-0.25, -0.2) is 9.82 Å². The lowest BCUT2D eigenvalue weighted by molar-refractivity contribution is 0.317. The SMILES string of the molecule is CCCOc1ccc(C(NN)c2cccc(Cl)c2F)cc1. The zero-order valence-corrected chi connectivity index (χ0v) is 12.5. The minimum atomic E-state index is -0.469. The third-order valence-electron chi connectivity index (χ3n) is 3.15. The summed E-state index contributed by atoms with van der Waals surface area (Å²) in [5.41, 5.74) is 3.87. The molecule has 5 heteroatoms. The van der Waals surface area contributed by atoms with E-state index >= 15 is 0 Å². The number of hydrogen-bond donors (Lipinski definition) is 2. The Bertz CT molecular complexity index is 589. The predicted octanol–water partition coefficient (Wildman–Crippen LogP) is 3.82. The van der Waals surface area contributed by atoms with Crippen molar-refractivity contribution in [3.8, 4) is 5.75 Å². The Balaban J connectivity index is 2.27. The predicted molar refractivity (Wildman–Crippen MR) is 82.8 cm³/mol. The van der Waals surface area contributed by atoms with Crippen LogP contribution in [0.3, 0.4) is 0 Å². The lowest BCUT2D eigenvalue weighted by atomic mass is 9.99. The Labute approximate surface area is 128 Å². The van der Waals surface area contributed by atoms with Crippen molar-refractivity contribution in [3.63, 3.8) is 0 Å². The Morgan fingerprint density at radius 2 is 1.95 bits per heavy atom. The highest BCUT2D eigenvalue weighted by atomic mass is 35.5. The van der Waals surface area contributed by atoms with Gasteiger partial charge in [0.05, 0.1) is 17.7 Å². The molecule has 2 aromatic carbocycles. The van der Waals surface area contributed by atoms with Crippen LogP contribution in [0.2, 0.25) is 5.02 Å². The molecule has 3 nitrogen and oxygen atoms in total. The van der Waals surface area contributed by atoms with Gasteiger partial charge in [0.2, 0.25) is 0 Å². The quantitative estimate of drug-likeness (QED) is 0.630. The van der Waals surface area contributed by atoms with Crippen molar-refractivity contribution in [1.29, 1.82) is 0 Å². The Kier molecular flexibility index (Phi) is 5.56. The van der Waals surface area contributed by atoms with Crippen molar-refractivity contribution < 1.29 is 9.13 Å². The molecule has 1 atom stereocenters. The highest BCUT2D eigenvalue weighted by Gasteiger charge is 2.18. The zero-order valence-electron chi connectivity index (χ0n) is 11.8. The van der Waals surface area contributed by atoms with E-state index < -0.39 is 11.9 Å². The van der Waals surface area contributed by atoms with Crippen molar-refractivity contribution in [3.05, 3.63) is 64.4 Å². The van der Waals surface area contributed by atoms with E-state index in [2.05, 4.69) is 5.43 Å². The van der Waals surface area contributed by atoms with Crippen LogP contribution in [0.25, 0.3) is 0 Å². The van der Waals surface area contributed by atoms with E-state index in [-0.39, 0.29) is 5.02 Å². The van der Waals surface area contributed by atoms with Gasteiger partial charge < -0.3 is 4.74 Å². The van der Waals surface area contributed by atoms with Crippen LogP contribution in [0.15, 0.2) is 42.5 Å². The zero-order chi connectivity index (χ0) is 15.2. The molecule has 1 unspecified atom stereocenters. The molecular formula is C16H18ClFN2O. The first-order valence-corrected chi connectivity index (χ1v) is 7.18.